The van der Waals surface area contributed by atoms with Gasteiger partial charge in [0.2, 0.25) is 6.20 Å². The van der Waals surface area contributed by atoms with Gasteiger partial charge in [-0.15, -0.1) is 0 Å². The number of benzene rings is 2. The highest BCUT2D eigenvalue weighted by atomic mass is 19.1. The van der Waals surface area contributed by atoms with Gasteiger partial charge in [0.15, 0.2) is 11.9 Å². The first-order valence-electron chi connectivity index (χ1n) is 10.0. The number of aromatic nitrogens is 2. The predicted octanol–water partition coefficient (Wildman–Crippen LogP) is 1.79. The first-order chi connectivity index (χ1) is 15.3. The van der Waals surface area contributed by atoms with Crippen molar-refractivity contribution in [2.45, 2.75) is 32.0 Å². The normalized spacial score (nSPS) is 12.9. The van der Waals surface area contributed by atoms with E-state index in [-0.39, 0.29) is 24.2 Å². The second-order valence-corrected chi connectivity index (χ2v) is 7.55. The number of aliphatic hydroxyl groups excluding tert-OH is 1. The third-order valence-corrected chi connectivity index (χ3v) is 4.83. The molecule has 0 aliphatic heterocycles. The summed E-state index contributed by atoms with van der Waals surface area (Å²) in [4.78, 5) is 16.4. The summed E-state index contributed by atoms with van der Waals surface area (Å²) in [6.07, 6.45) is 2.19. The molecule has 0 saturated heterocycles. The Bertz CT molecular complexity index is 1060. The highest BCUT2D eigenvalue weighted by Crippen LogP contribution is 2.12. The molecule has 0 aliphatic carbocycles. The fraction of sp³-hybridized carbons (Fsp3) is 0.261. The molecule has 1 aromatic heterocycles. The van der Waals surface area contributed by atoms with E-state index in [2.05, 4.69) is 15.6 Å². The van der Waals surface area contributed by atoms with Gasteiger partial charge in [0.1, 0.15) is 11.6 Å². The largest absolute Gasteiger partial charge is 0.619 e. The zero-order valence-electron chi connectivity index (χ0n) is 17.5. The van der Waals surface area contributed by atoms with E-state index < -0.39 is 29.7 Å². The van der Waals surface area contributed by atoms with E-state index in [1.54, 1.807) is 0 Å². The summed E-state index contributed by atoms with van der Waals surface area (Å²) < 4.78 is 27.7. The SMILES string of the molecule is Cc1cccc(CNC[C@@H](O)[C@H](Cc2cc(F)cc(F)c2)NC(=O)c2c[n+]([O-])ccn2)c1. The monoisotopic (exact) mass is 442 g/mol. The number of nitrogens with one attached hydrogen (secondary N) is 2. The summed E-state index contributed by atoms with van der Waals surface area (Å²) in [5, 5.41) is 27.9. The molecule has 3 rings (SSSR count). The molecule has 0 saturated carbocycles. The maximum absolute atomic E-state index is 13.6. The molecule has 2 atom stereocenters. The van der Waals surface area contributed by atoms with Gasteiger partial charge >= 0.3 is 0 Å². The Morgan fingerprint density at radius 3 is 2.62 bits per heavy atom. The smallest absolute Gasteiger partial charge is 0.276 e. The Kier molecular flexibility index (Phi) is 7.80. The molecule has 0 spiro atoms. The summed E-state index contributed by atoms with van der Waals surface area (Å²) in [6.45, 7) is 2.58. The van der Waals surface area contributed by atoms with Crippen LogP contribution in [0.3, 0.4) is 0 Å². The van der Waals surface area contributed by atoms with Crippen LogP contribution in [0, 0.1) is 23.8 Å². The van der Waals surface area contributed by atoms with Crippen LogP contribution in [-0.2, 0) is 13.0 Å². The lowest BCUT2D eigenvalue weighted by atomic mass is 10.00. The molecule has 0 radical (unpaired) electrons. The Hall–Kier alpha value is -3.43. The van der Waals surface area contributed by atoms with Crippen molar-refractivity contribution in [1.82, 2.24) is 15.6 Å². The molecule has 2 aromatic carbocycles. The van der Waals surface area contributed by atoms with Crippen molar-refractivity contribution in [3.63, 3.8) is 0 Å². The van der Waals surface area contributed by atoms with E-state index in [9.17, 15) is 23.9 Å². The van der Waals surface area contributed by atoms with Crippen molar-refractivity contribution in [3.05, 3.63) is 100 Å². The molecule has 168 valence electrons. The van der Waals surface area contributed by atoms with Crippen LogP contribution in [0.15, 0.2) is 61.1 Å². The van der Waals surface area contributed by atoms with Crippen molar-refractivity contribution in [2.24, 2.45) is 0 Å². The van der Waals surface area contributed by atoms with Crippen LogP contribution in [-0.4, -0.2) is 34.7 Å². The topological polar surface area (TPSA) is 101 Å². The standard InChI is InChI=1S/C23H24F2N4O3/c1-15-3-2-4-16(7-15)12-26-13-22(30)20(10-17-8-18(24)11-19(25)9-17)28-23(31)21-14-29(32)6-5-27-21/h2-9,11,14,20,22,26,30H,10,12-13H2,1H3,(H,28,31)/t20-,22+/m0/s1. The second kappa shape index (κ2) is 10.7. The molecule has 0 unspecified atom stereocenters. The van der Waals surface area contributed by atoms with Gasteiger partial charge in [0, 0.05) is 19.2 Å². The zero-order valence-corrected chi connectivity index (χ0v) is 17.5. The number of rotatable bonds is 9. The molecule has 3 aromatic rings. The zero-order chi connectivity index (χ0) is 23.1. The molecule has 0 fully saturated rings. The third kappa shape index (κ3) is 6.79. The van der Waals surface area contributed by atoms with E-state index >= 15 is 0 Å². The molecular weight excluding hydrogens is 418 g/mol. The maximum Gasteiger partial charge on any atom is 0.276 e. The van der Waals surface area contributed by atoms with Crippen LogP contribution < -0.4 is 15.4 Å². The lowest BCUT2D eigenvalue weighted by Crippen LogP contribution is -2.49. The summed E-state index contributed by atoms with van der Waals surface area (Å²) in [5.41, 5.74) is 2.26. The Morgan fingerprint density at radius 2 is 1.94 bits per heavy atom. The molecule has 9 heteroatoms. The lowest BCUT2D eigenvalue weighted by molar-refractivity contribution is -0.606. The van der Waals surface area contributed by atoms with Crippen LogP contribution in [0.2, 0.25) is 0 Å². The minimum atomic E-state index is -1.09. The Labute approximate surface area is 184 Å². The Morgan fingerprint density at radius 1 is 1.19 bits per heavy atom. The van der Waals surface area contributed by atoms with E-state index in [0.717, 1.165) is 41.7 Å². The molecule has 0 bridgehead atoms. The van der Waals surface area contributed by atoms with Gasteiger partial charge in [0.25, 0.3) is 5.91 Å². The van der Waals surface area contributed by atoms with Gasteiger partial charge in [0.05, 0.1) is 18.3 Å². The molecule has 1 heterocycles. The van der Waals surface area contributed by atoms with E-state index in [4.69, 9.17) is 0 Å². The number of aryl methyl sites for hydroxylation is 1. The number of hydrogen-bond donors (Lipinski definition) is 3. The van der Waals surface area contributed by atoms with E-state index in [0.29, 0.717) is 11.3 Å². The van der Waals surface area contributed by atoms with Crippen molar-refractivity contribution in [3.8, 4) is 0 Å². The number of carbonyl (C=O) groups excluding carboxylic acids is 1. The van der Waals surface area contributed by atoms with Crippen molar-refractivity contribution >= 4 is 5.91 Å². The molecule has 32 heavy (non-hydrogen) atoms. The number of carbonyl (C=O) groups is 1. The highest BCUT2D eigenvalue weighted by molar-refractivity contribution is 5.91. The summed E-state index contributed by atoms with van der Waals surface area (Å²) in [6, 6.07) is 10.00. The molecule has 7 nitrogen and oxygen atoms in total. The fourth-order valence-corrected chi connectivity index (χ4v) is 3.33. The fourth-order valence-electron chi connectivity index (χ4n) is 3.33. The minimum Gasteiger partial charge on any atom is -0.619 e. The average Bonchev–Trinajstić information content (AvgIpc) is 2.72. The van der Waals surface area contributed by atoms with Crippen LogP contribution in [0.4, 0.5) is 8.78 Å². The first kappa shape index (κ1) is 23.2. The average molecular weight is 442 g/mol. The Balaban J connectivity index is 1.71. The number of aliphatic hydroxyl groups is 1. The van der Waals surface area contributed by atoms with E-state index in [1.807, 2.05) is 31.2 Å². The van der Waals surface area contributed by atoms with Gasteiger partial charge < -0.3 is 20.9 Å². The highest BCUT2D eigenvalue weighted by Gasteiger charge is 2.24. The van der Waals surface area contributed by atoms with E-state index in [1.165, 1.54) is 6.20 Å². The van der Waals surface area contributed by atoms with Crippen LogP contribution in [0.5, 0.6) is 0 Å². The van der Waals surface area contributed by atoms with Gasteiger partial charge in [-0.2, -0.15) is 4.73 Å². The number of halogens is 2. The van der Waals surface area contributed by atoms with Crippen molar-refractivity contribution in [1.29, 1.82) is 0 Å². The van der Waals surface area contributed by atoms with Crippen molar-refractivity contribution < 1.29 is 23.4 Å². The van der Waals surface area contributed by atoms with Crippen LogP contribution in [0.1, 0.15) is 27.2 Å². The molecule has 3 N–H and O–H groups in total. The van der Waals surface area contributed by atoms with Gasteiger partial charge in [-0.25, -0.2) is 13.8 Å². The number of amides is 1. The summed E-state index contributed by atoms with van der Waals surface area (Å²) in [7, 11) is 0. The predicted molar refractivity (Wildman–Crippen MR) is 113 cm³/mol. The number of nitrogens with zero attached hydrogens (tertiary/aromatic N) is 2. The second-order valence-electron chi connectivity index (χ2n) is 7.55. The minimum absolute atomic E-state index is 0.0298. The maximum atomic E-state index is 13.6. The molecule has 1 amide bonds. The third-order valence-electron chi connectivity index (χ3n) is 4.83. The molecule has 0 aliphatic rings. The van der Waals surface area contributed by atoms with Gasteiger partial charge in [-0.1, -0.05) is 29.8 Å². The van der Waals surface area contributed by atoms with Gasteiger partial charge in [-0.3, -0.25) is 4.79 Å². The molecular formula is C23H24F2N4O3. The number of hydrogen-bond acceptors (Lipinski definition) is 5. The van der Waals surface area contributed by atoms with Crippen LogP contribution in [0.25, 0.3) is 0 Å². The quantitative estimate of drug-likeness (QED) is 0.347. The van der Waals surface area contributed by atoms with Crippen LogP contribution >= 0.6 is 0 Å². The summed E-state index contributed by atoms with van der Waals surface area (Å²) in [5.74, 6) is -2.20. The lowest BCUT2D eigenvalue weighted by Gasteiger charge is -2.24. The van der Waals surface area contributed by atoms with Gasteiger partial charge in [-0.05, 0) is 36.6 Å². The van der Waals surface area contributed by atoms with Crippen molar-refractivity contribution in [2.75, 3.05) is 6.54 Å². The summed E-state index contributed by atoms with van der Waals surface area (Å²) >= 11 is 0. The first-order valence-corrected chi connectivity index (χ1v) is 10.0.